The van der Waals surface area contributed by atoms with Crippen molar-refractivity contribution in [1.29, 1.82) is 0 Å². The number of hydrogen-bond donors (Lipinski definition) is 0. The maximum absolute atomic E-state index is 13.1. The van der Waals surface area contributed by atoms with Gasteiger partial charge >= 0.3 is 0 Å². The summed E-state index contributed by atoms with van der Waals surface area (Å²) >= 11 is 6.19. The summed E-state index contributed by atoms with van der Waals surface area (Å²) in [6, 6.07) is 6.79. The SMILES string of the molecule is CCCN(C(=O)C1CC(=O)N(c2ccccc2Cl)C1)C1CCS(=O)(=O)C1. The van der Waals surface area contributed by atoms with Gasteiger partial charge in [0.1, 0.15) is 0 Å². The molecule has 0 N–H and O–H groups in total. The van der Waals surface area contributed by atoms with E-state index in [0.29, 0.717) is 23.7 Å². The third kappa shape index (κ3) is 3.88. The number of nitrogens with zero attached hydrogens (tertiary/aromatic N) is 2. The van der Waals surface area contributed by atoms with E-state index in [1.807, 2.05) is 6.92 Å². The molecular weight excluding hydrogens is 376 g/mol. The number of carbonyl (C=O) groups is 2. The summed E-state index contributed by atoms with van der Waals surface area (Å²) in [5.74, 6) is -0.578. The van der Waals surface area contributed by atoms with Gasteiger partial charge in [0.15, 0.2) is 9.84 Å². The lowest BCUT2D eigenvalue weighted by Gasteiger charge is -2.30. The molecule has 2 saturated heterocycles. The van der Waals surface area contributed by atoms with Gasteiger partial charge in [-0.15, -0.1) is 0 Å². The second-order valence-electron chi connectivity index (χ2n) is 6.95. The summed E-state index contributed by atoms with van der Waals surface area (Å²) in [6.45, 7) is 2.75. The number of sulfone groups is 1. The first kappa shape index (κ1) is 19.2. The molecule has 0 bridgehead atoms. The molecule has 1 aromatic rings. The molecule has 2 atom stereocenters. The molecule has 0 aromatic heterocycles. The molecule has 0 saturated carbocycles. The molecule has 2 unspecified atom stereocenters. The van der Waals surface area contributed by atoms with E-state index in [-0.39, 0.29) is 42.3 Å². The van der Waals surface area contributed by atoms with Gasteiger partial charge in [-0.05, 0) is 25.0 Å². The Morgan fingerprint density at radius 3 is 2.69 bits per heavy atom. The maximum atomic E-state index is 13.1. The van der Waals surface area contributed by atoms with Crippen molar-refractivity contribution < 1.29 is 18.0 Å². The van der Waals surface area contributed by atoms with E-state index < -0.39 is 15.8 Å². The molecule has 2 aliphatic rings. The third-order valence-electron chi connectivity index (χ3n) is 5.01. The lowest BCUT2D eigenvalue weighted by molar-refractivity contribution is -0.137. The van der Waals surface area contributed by atoms with Crippen molar-refractivity contribution in [2.24, 2.45) is 5.92 Å². The highest BCUT2D eigenvalue weighted by Gasteiger charge is 2.41. The zero-order valence-corrected chi connectivity index (χ0v) is 16.3. The Labute approximate surface area is 159 Å². The highest BCUT2D eigenvalue weighted by molar-refractivity contribution is 7.91. The molecule has 3 rings (SSSR count). The van der Waals surface area contributed by atoms with Crippen LogP contribution in [0.3, 0.4) is 0 Å². The first-order valence-electron chi connectivity index (χ1n) is 8.88. The Balaban J connectivity index is 1.76. The Bertz CT molecular complexity index is 811. The summed E-state index contributed by atoms with van der Waals surface area (Å²) in [5, 5.41) is 0.473. The lowest BCUT2D eigenvalue weighted by atomic mass is 10.0. The first-order valence-corrected chi connectivity index (χ1v) is 11.1. The molecule has 8 heteroatoms. The van der Waals surface area contributed by atoms with Crippen LogP contribution in [0.1, 0.15) is 26.2 Å². The monoisotopic (exact) mass is 398 g/mol. The van der Waals surface area contributed by atoms with Gasteiger partial charge in [0.2, 0.25) is 11.8 Å². The van der Waals surface area contributed by atoms with Crippen LogP contribution in [-0.4, -0.2) is 55.8 Å². The highest BCUT2D eigenvalue weighted by atomic mass is 35.5. The summed E-state index contributed by atoms with van der Waals surface area (Å²) in [6.07, 6.45) is 1.35. The number of anilines is 1. The molecule has 2 aliphatic heterocycles. The standard InChI is InChI=1S/C18H23ClN2O4S/c1-2-8-20(14-7-9-26(24,25)12-14)18(23)13-10-17(22)21(11-13)16-6-4-3-5-15(16)19/h3-6,13-14H,2,7-12H2,1H3. The van der Waals surface area contributed by atoms with Gasteiger partial charge in [-0.1, -0.05) is 30.7 Å². The van der Waals surface area contributed by atoms with Gasteiger partial charge in [-0.25, -0.2) is 8.42 Å². The predicted octanol–water partition coefficient (Wildman–Crippen LogP) is 2.12. The number of amides is 2. The Morgan fingerprint density at radius 1 is 1.35 bits per heavy atom. The van der Waals surface area contributed by atoms with Crippen molar-refractivity contribution in [2.75, 3.05) is 29.5 Å². The molecule has 2 fully saturated rings. The average Bonchev–Trinajstić information content (AvgIpc) is 3.15. The van der Waals surface area contributed by atoms with Crippen LogP contribution >= 0.6 is 11.6 Å². The van der Waals surface area contributed by atoms with Crippen LogP contribution in [0.5, 0.6) is 0 Å². The normalized spacial score (nSPS) is 24.8. The van der Waals surface area contributed by atoms with Crippen molar-refractivity contribution in [2.45, 2.75) is 32.2 Å². The number of rotatable bonds is 5. The van der Waals surface area contributed by atoms with Crippen molar-refractivity contribution in [1.82, 2.24) is 4.90 Å². The van der Waals surface area contributed by atoms with Crippen molar-refractivity contribution >= 4 is 38.9 Å². The van der Waals surface area contributed by atoms with Crippen LogP contribution in [0.15, 0.2) is 24.3 Å². The van der Waals surface area contributed by atoms with E-state index in [9.17, 15) is 18.0 Å². The quantitative estimate of drug-likeness (QED) is 0.761. The number of hydrogen-bond acceptors (Lipinski definition) is 4. The summed E-state index contributed by atoms with van der Waals surface area (Å²) < 4.78 is 23.6. The van der Waals surface area contributed by atoms with E-state index >= 15 is 0 Å². The second kappa shape index (κ2) is 7.56. The molecule has 0 radical (unpaired) electrons. The van der Waals surface area contributed by atoms with Crippen LogP contribution in [0.25, 0.3) is 0 Å². The summed E-state index contributed by atoms with van der Waals surface area (Å²) in [5.41, 5.74) is 0.611. The Hall–Kier alpha value is -1.60. The van der Waals surface area contributed by atoms with Crippen LogP contribution < -0.4 is 4.90 Å². The fourth-order valence-corrected chi connectivity index (χ4v) is 5.71. The molecule has 6 nitrogen and oxygen atoms in total. The number of halogens is 1. The van der Waals surface area contributed by atoms with Crippen molar-refractivity contribution in [3.05, 3.63) is 29.3 Å². The van der Waals surface area contributed by atoms with Gasteiger partial charge in [-0.2, -0.15) is 0 Å². The first-order chi connectivity index (χ1) is 12.3. The van der Waals surface area contributed by atoms with Gasteiger partial charge < -0.3 is 9.80 Å². The smallest absolute Gasteiger partial charge is 0.228 e. The molecular formula is C18H23ClN2O4S. The van der Waals surface area contributed by atoms with E-state index in [2.05, 4.69) is 0 Å². The van der Waals surface area contributed by atoms with Crippen molar-refractivity contribution in [3.8, 4) is 0 Å². The molecule has 0 spiro atoms. The van der Waals surface area contributed by atoms with E-state index in [1.54, 1.807) is 34.1 Å². The maximum Gasteiger partial charge on any atom is 0.228 e. The predicted molar refractivity (Wildman–Crippen MR) is 101 cm³/mol. The Kier molecular flexibility index (Phi) is 5.58. The van der Waals surface area contributed by atoms with Crippen molar-refractivity contribution in [3.63, 3.8) is 0 Å². The topological polar surface area (TPSA) is 74.8 Å². The van der Waals surface area contributed by atoms with Gasteiger partial charge in [-0.3, -0.25) is 9.59 Å². The highest BCUT2D eigenvalue weighted by Crippen LogP contribution is 2.32. The Morgan fingerprint density at radius 2 is 2.08 bits per heavy atom. The minimum absolute atomic E-state index is 0.0215. The number of carbonyl (C=O) groups excluding carboxylic acids is 2. The minimum atomic E-state index is -3.07. The lowest BCUT2D eigenvalue weighted by Crippen LogP contribution is -2.45. The van der Waals surface area contributed by atoms with E-state index in [4.69, 9.17) is 11.6 Å². The molecule has 2 amide bonds. The van der Waals surface area contributed by atoms with Gasteiger partial charge in [0, 0.05) is 25.6 Å². The van der Waals surface area contributed by atoms with E-state index in [0.717, 1.165) is 6.42 Å². The zero-order chi connectivity index (χ0) is 18.9. The van der Waals surface area contributed by atoms with Crippen LogP contribution in [-0.2, 0) is 19.4 Å². The minimum Gasteiger partial charge on any atom is -0.338 e. The molecule has 26 heavy (non-hydrogen) atoms. The van der Waals surface area contributed by atoms with Gasteiger partial charge in [0.05, 0.1) is 28.1 Å². The summed E-state index contributed by atoms with van der Waals surface area (Å²) in [7, 11) is -3.07. The third-order valence-corrected chi connectivity index (χ3v) is 7.08. The molecule has 0 aliphatic carbocycles. The average molecular weight is 399 g/mol. The van der Waals surface area contributed by atoms with Crippen LogP contribution in [0.2, 0.25) is 5.02 Å². The molecule has 142 valence electrons. The van der Waals surface area contributed by atoms with Gasteiger partial charge in [0.25, 0.3) is 0 Å². The largest absolute Gasteiger partial charge is 0.338 e. The number of benzene rings is 1. The fourth-order valence-electron chi connectivity index (χ4n) is 3.75. The molecule has 1 aromatic carbocycles. The molecule has 2 heterocycles. The fraction of sp³-hybridized carbons (Fsp3) is 0.556. The zero-order valence-electron chi connectivity index (χ0n) is 14.7. The second-order valence-corrected chi connectivity index (χ2v) is 9.58. The van der Waals surface area contributed by atoms with Crippen LogP contribution in [0.4, 0.5) is 5.69 Å². The number of para-hydroxylation sites is 1. The van der Waals surface area contributed by atoms with E-state index in [1.165, 1.54) is 0 Å². The van der Waals surface area contributed by atoms with Crippen LogP contribution in [0, 0.1) is 5.92 Å². The summed E-state index contributed by atoms with van der Waals surface area (Å²) in [4.78, 5) is 28.7.